The Balaban J connectivity index is 1.73. The number of hydrogen-bond donors (Lipinski definition) is 1. The first-order valence-corrected chi connectivity index (χ1v) is 8.83. The monoisotopic (exact) mass is 364 g/mol. The van der Waals surface area contributed by atoms with Gasteiger partial charge < -0.3 is 19.3 Å². The molecule has 0 spiro atoms. The van der Waals surface area contributed by atoms with E-state index in [4.69, 9.17) is 4.74 Å². The lowest BCUT2D eigenvalue weighted by Crippen LogP contribution is -2.36. The van der Waals surface area contributed by atoms with E-state index in [0.717, 1.165) is 22.2 Å². The van der Waals surface area contributed by atoms with Gasteiger partial charge in [-0.25, -0.2) is 0 Å². The maximum absolute atomic E-state index is 13.1. The SMILES string of the molecule is COc1ccccc1C(=O)N1CCc2c(c3ccccc3n2CC(=O)O)C1. The maximum Gasteiger partial charge on any atom is 0.323 e. The van der Waals surface area contributed by atoms with Crippen LogP contribution in [0.25, 0.3) is 10.9 Å². The number of carbonyl (C=O) groups excluding carboxylic acids is 1. The summed E-state index contributed by atoms with van der Waals surface area (Å²) in [5.74, 6) is -0.388. The van der Waals surface area contributed by atoms with Gasteiger partial charge in [-0.1, -0.05) is 30.3 Å². The van der Waals surface area contributed by atoms with Crippen molar-refractivity contribution in [2.45, 2.75) is 19.5 Å². The van der Waals surface area contributed by atoms with Gasteiger partial charge in [0, 0.05) is 41.7 Å². The Bertz CT molecular complexity index is 1040. The second kappa shape index (κ2) is 6.79. The fourth-order valence-corrected chi connectivity index (χ4v) is 3.88. The molecule has 1 aromatic heterocycles. The quantitative estimate of drug-likeness (QED) is 0.773. The summed E-state index contributed by atoms with van der Waals surface area (Å²) in [7, 11) is 1.56. The number of carboxylic acids is 1. The molecule has 1 N–H and O–H groups in total. The Labute approximate surface area is 156 Å². The molecule has 0 unspecified atom stereocenters. The van der Waals surface area contributed by atoms with E-state index in [-0.39, 0.29) is 12.5 Å². The molecule has 2 heterocycles. The molecule has 1 amide bonds. The van der Waals surface area contributed by atoms with Crippen molar-refractivity contribution in [3.05, 3.63) is 65.4 Å². The molecule has 2 aromatic carbocycles. The number of amides is 1. The highest BCUT2D eigenvalue weighted by atomic mass is 16.5. The lowest BCUT2D eigenvalue weighted by Gasteiger charge is -2.28. The first kappa shape index (κ1) is 17.1. The van der Waals surface area contributed by atoms with E-state index >= 15 is 0 Å². The predicted octanol–water partition coefficient (Wildman–Crippen LogP) is 2.93. The van der Waals surface area contributed by atoms with E-state index in [1.54, 1.807) is 24.1 Å². The van der Waals surface area contributed by atoms with Crippen LogP contribution < -0.4 is 4.74 Å². The number of carbonyl (C=O) groups is 2. The lowest BCUT2D eigenvalue weighted by molar-refractivity contribution is -0.137. The zero-order chi connectivity index (χ0) is 19.0. The lowest BCUT2D eigenvalue weighted by atomic mass is 10.0. The van der Waals surface area contributed by atoms with Crippen LogP contribution in [-0.4, -0.2) is 40.1 Å². The molecule has 1 aliphatic heterocycles. The zero-order valence-electron chi connectivity index (χ0n) is 15.0. The van der Waals surface area contributed by atoms with Gasteiger partial charge in [0.25, 0.3) is 5.91 Å². The van der Waals surface area contributed by atoms with E-state index in [9.17, 15) is 14.7 Å². The summed E-state index contributed by atoms with van der Waals surface area (Å²) in [6, 6.07) is 15.0. The van der Waals surface area contributed by atoms with Gasteiger partial charge in [0.1, 0.15) is 12.3 Å². The van der Waals surface area contributed by atoms with Crippen LogP contribution in [0.4, 0.5) is 0 Å². The summed E-state index contributed by atoms with van der Waals surface area (Å²) in [6.45, 7) is 0.926. The molecule has 0 atom stereocenters. The van der Waals surface area contributed by atoms with Crippen LogP contribution >= 0.6 is 0 Å². The summed E-state index contributed by atoms with van der Waals surface area (Å²) in [4.78, 5) is 26.2. The van der Waals surface area contributed by atoms with Crippen molar-refractivity contribution in [2.24, 2.45) is 0 Å². The van der Waals surface area contributed by atoms with Crippen molar-refractivity contribution in [3.8, 4) is 5.75 Å². The molecular weight excluding hydrogens is 344 g/mol. The van der Waals surface area contributed by atoms with Gasteiger partial charge in [0.15, 0.2) is 0 Å². The first-order chi connectivity index (χ1) is 13.1. The van der Waals surface area contributed by atoms with Crippen molar-refractivity contribution >= 4 is 22.8 Å². The molecule has 3 aromatic rings. The molecule has 27 heavy (non-hydrogen) atoms. The molecule has 0 aliphatic carbocycles. The zero-order valence-corrected chi connectivity index (χ0v) is 15.0. The number of nitrogens with zero attached hydrogens (tertiary/aromatic N) is 2. The van der Waals surface area contributed by atoms with Crippen LogP contribution in [0.1, 0.15) is 21.6 Å². The average molecular weight is 364 g/mol. The van der Waals surface area contributed by atoms with Gasteiger partial charge in [-0.05, 0) is 18.2 Å². The number of para-hydroxylation sites is 2. The summed E-state index contributed by atoms with van der Waals surface area (Å²) in [6.07, 6.45) is 0.623. The summed E-state index contributed by atoms with van der Waals surface area (Å²) in [5, 5.41) is 10.3. The van der Waals surface area contributed by atoms with Crippen LogP contribution in [0, 0.1) is 0 Å². The minimum Gasteiger partial charge on any atom is -0.496 e. The molecule has 0 fully saturated rings. The van der Waals surface area contributed by atoms with Crippen LogP contribution in [0.3, 0.4) is 0 Å². The highest BCUT2D eigenvalue weighted by molar-refractivity contribution is 5.97. The highest BCUT2D eigenvalue weighted by Gasteiger charge is 2.28. The molecular formula is C21H20N2O4. The normalized spacial score (nSPS) is 13.4. The molecule has 6 nitrogen and oxygen atoms in total. The molecule has 0 saturated carbocycles. The molecule has 1 aliphatic rings. The van der Waals surface area contributed by atoms with Crippen molar-refractivity contribution < 1.29 is 19.4 Å². The standard InChI is InChI=1S/C21H20N2O4/c1-27-19-9-5-3-7-15(19)21(26)22-11-10-18-16(12-22)14-6-2-4-8-17(14)23(18)13-20(24)25/h2-9H,10-13H2,1H3,(H,24,25). The largest absolute Gasteiger partial charge is 0.496 e. The Morgan fingerprint density at radius 3 is 2.63 bits per heavy atom. The van der Waals surface area contributed by atoms with E-state index in [0.29, 0.717) is 30.8 Å². The summed E-state index contributed by atoms with van der Waals surface area (Å²) < 4.78 is 7.19. The molecule has 6 heteroatoms. The van der Waals surface area contributed by atoms with Crippen molar-refractivity contribution in [1.29, 1.82) is 0 Å². The van der Waals surface area contributed by atoms with Gasteiger partial charge in [0.2, 0.25) is 0 Å². The smallest absolute Gasteiger partial charge is 0.323 e. The third-order valence-electron chi connectivity index (χ3n) is 5.08. The fraction of sp³-hybridized carbons (Fsp3) is 0.238. The van der Waals surface area contributed by atoms with E-state index in [2.05, 4.69) is 0 Å². The Kier molecular flexibility index (Phi) is 4.32. The number of ether oxygens (including phenoxy) is 1. The average Bonchev–Trinajstić information content (AvgIpc) is 3.00. The van der Waals surface area contributed by atoms with Crippen LogP contribution in [-0.2, 0) is 24.3 Å². The Morgan fingerprint density at radius 1 is 1.11 bits per heavy atom. The van der Waals surface area contributed by atoms with Crippen LogP contribution in [0.2, 0.25) is 0 Å². The topological polar surface area (TPSA) is 71.8 Å². The number of fused-ring (bicyclic) bond motifs is 3. The van der Waals surface area contributed by atoms with Crippen molar-refractivity contribution in [2.75, 3.05) is 13.7 Å². The second-order valence-corrected chi connectivity index (χ2v) is 6.60. The number of benzene rings is 2. The number of aliphatic carboxylic acids is 1. The number of aromatic nitrogens is 1. The van der Waals surface area contributed by atoms with Gasteiger partial charge in [0.05, 0.1) is 12.7 Å². The van der Waals surface area contributed by atoms with Crippen molar-refractivity contribution in [1.82, 2.24) is 9.47 Å². The van der Waals surface area contributed by atoms with Gasteiger partial charge in [-0.3, -0.25) is 9.59 Å². The van der Waals surface area contributed by atoms with Gasteiger partial charge in [-0.15, -0.1) is 0 Å². The number of methoxy groups -OCH3 is 1. The number of hydrogen-bond acceptors (Lipinski definition) is 3. The molecule has 0 bridgehead atoms. The second-order valence-electron chi connectivity index (χ2n) is 6.60. The Morgan fingerprint density at radius 2 is 1.85 bits per heavy atom. The summed E-state index contributed by atoms with van der Waals surface area (Å²) >= 11 is 0. The van der Waals surface area contributed by atoms with Gasteiger partial charge >= 0.3 is 5.97 Å². The van der Waals surface area contributed by atoms with Crippen molar-refractivity contribution in [3.63, 3.8) is 0 Å². The summed E-state index contributed by atoms with van der Waals surface area (Å²) in [5.41, 5.74) is 3.47. The van der Waals surface area contributed by atoms with E-state index < -0.39 is 5.97 Å². The Hall–Kier alpha value is -3.28. The first-order valence-electron chi connectivity index (χ1n) is 8.83. The van der Waals surface area contributed by atoms with E-state index in [1.165, 1.54) is 0 Å². The molecule has 138 valence electrons. The maximum atomic E-state index is 13.1. The minimum absolute atomic E-state index is 0.0731. The molecule has 4 rings (SSSR count). The fourth-order valence-electron chi connectivity index (χ4n) is 3.88. The van der Waals surface area contributed by atoms with Crippen LogP contribution in [0.5, 0.6) is 5.75 Å². The third-order valence-corrected chi connectivity index (χ3v) is 5.08. The molecule has 0 saturated heterocycles. The van der Waals surface area contributed by atoms with Crippen LogP contribution in [0.15, 0.2) is 48.5 Å². The number of rotatable bonds is 4. The van der Waals surface area contributed by atoms with E-state index in [1.807, 2.05) is 41.0 Å². The minimum atomic E-state index is -0.869. The predicted molar refractivity (Wildman–Crippen MR) is 101 cm³/mol. The highest BCUT2D eigenvalue weighted by Crippen LogP contribution is 2.32. The molecule has 0 radical (unpaired) electrons. The van der Waals surface area contributed by atoms with Gasteiger partial charge in [-0.2, -0.15) is 0 Å². The third kappa shape index (κ3) is 2.93. The number of carboxylic acid groups (broad SMARTS) is 1.